The quantitative estimate of drug-likeness (QED) is 0.113. The van der Waals surface area contributed by atoms with Crippen LogP contribution in [0.1, 0.15) is 24.0 Å². The lowest BCUT2D eigenvalue weighted by molar-refractivity contribution is 0.150. The van der Waals surface area contributed by atoms with Gasteiger partial charge in [-0.1, -0.05) is 18.2 Å². The van der Waals surface area contributed by atoms with Gasteiger partial charge in [0.25, 0.3) is 0 Å². The molecule has 0 spiro atoms. The molecule has 12 nitrogen and oxygen atoms in total. The molecule has 0 saturated carbocycles. The van der Waals surface area contributed by atoms with Gasteiger partial charge < -0.3 is 28.4 Å². The lowest BCUT2D eigenvalue weighted by Crippen LogP contribution is -2.46. The number of hydrogen-bond donors (Lipinski definition) is 0. The van der Waals surface area contributed by atoms with E-state index in [1.165, 1.54) is 0 Å². The number of aromatic nitrogens is 2. The van der Waals surface area contributed by atoms with Crippen LogP contribution in [0.5, 0.6) is 34.5 Å². The van der Waals surface area contributed by atoms with Gasteiger partial charge in [-0.25, -0.2) is 8.42 Å². The SMILES string of the molecule is COc1cc(-c2cncc(CN(C3CCN(Cc4ccnc(-c5cc(OC)c(OC)c(OC)c5)c4)CC3)S(=O)(=O)c3ccccc3)c2)cc(OC)c1OC. The minimum absolute atomic E-state index is 0.162. The van der Waals surface area contributed by atoms with E-state index in [9.17, 15) is 8.42 Å². The summed E-state index contributed by atoms with van der Waals surface area (Å²) in [6.45, 7) is 2.29. The average molecular weight is 755 g/mol. The van der Waals surface area contributed by atoms with Crippen molar-refractivity contribution in [3.8, 4) is 56.9 Å². The zero-order valence-electron chi connectivity index (χ0n) is 31.4. The number of nitrogens with zero attached hydrogens (tertiary/aromatic N) is 4. The fourth-order valence-corrected chi connectivity index (χ4v) is 8.58. The first-order valence-electron chi connectivity index (χ1n) is 17.5. The van der Waals surface area contributed by atoms with E-state index in [2.05, 4.69) is 20.9 Å². The van der Waals surface area contributed by atoms with Gasteiger partial charge in [0.2, 0.25) is 21.5 Å². The average Bonchev–Trinajstić information content (AvgIpc) is 3.22. The summed E-state index contributed by atoms with van der Waals surface area (Å²) in [7, 11) is 5.61. The van der Waals surface area contributed by atoms with Gasteiger partial charge in [0.1, 0.15) is 0 Å². The number of likely N-dealkylation sites (tertiary alicyclic amines) is 1. The Kier molecular flexibility index (Phi) is 12.2. The molecule has 0 N–H and O–H groups in total. The maximum Gasteiger partial charge on any atom is 0.243 e. The second-order valence-corrected chi connectivity index (χ2v) is 14.7. The van der Waals surface area contributed by atoms with Crippen LogP contribution in [-0.2, 0) is 23.1 Å². The van der Waals surface area contributed by atoms with Gasteiger partial charge in [0, 0.05) is 61.9 Å². The van der Waals surface area contributed by atoms with Crippen LogP contribution in [0.2, 0.25) is 0 Å². The smallest absolute Gasteiger partial charge is 0.243 e. The number of rotatable bonds is 15. The zero-order valence-corrected chi connectivity index (χ0v) is 32.3. The molecular formula is C41H46N4O8S. The van der Waals surface area contributed by atoms with Gasteiger partial charge >= 0.3 is 0 Å². The van der Waals surface area contributed by atoms with Gasteiger partial charge in [0.05, 0.1) is 53.2 Å². The van der Waals surface area contributed by atoms with Crippen molar-refractivity contribution >= 4 is 10.0 Å². The molecule has 1 fully saturated rings. The van der Waals surface area contributed by atoms with Crippen LogP contribution >= 0.6 is 0 Å². The van der Waals surface area contributed by atoms with Crippen LogP contribution in [0.25, 0.3) is 22.4 Å². The zero-order chi connectivity index (χ0) is 38.2. The Balaban J connectivity index is 1.22. The molecule has 1 saturated heterocycles. The van der Waals surface area contributed by atoms with E-state index in [-0.39, 0.29) is 17.5 Å². The van der Waals surface area contributed by atoms with Crippen molar-refractivity contribution in [1.82, 2.24) is 19.2 Å². The Hall–Kier alpha value is -5.37. The van der Waals surface area contributed by atoms with Crippen molar-refractivity contribution in [2.24, 2.45) is 0 Å². The van der Waals surface area contributed by atoms with Crippen molar-refractivity contribution in [2.45, 2.75) is 36.9 Å². The number of hydrogen-bond acceptors (Lipinski definition) is 11. The van der Waals surface area contributed by atoms with Crippen LogP contribution in [-0.4, -0.2) is 89.4 Å². The molecule has 284 valence electrons. The predicted octanol–water partition coefficient (Wildman–Crippen LogP) is 6.72. The first-order valence-corrected chi connectivity index (χ1v) is 19.0. The second-order valence-electron chi connectivity index (χ2n) is 12.8. The third kappa shape index (κ3) is 8.23. The lowest BCUT2D eigenvalue weighted by Gasteiger charge is -2.38. The minimum Gasteiger partial charge on any atom is -0.493 e. The Morgan fingerprint density at radius 1 is 0.667 bits per heavy atom. The molecular weight excluding hydrogens is 709 g/mol. The van der Waals surface area contributed by atoms with Gasteiger partial charge in [-0.2, -0.15) is 4.31 Å². The van der Waals surface area contributed by atoms with Crippen LogP contribution in [0, 0.1) is 0 Å². The number of benzene rings is 3. The predicted molar refractivity (Wildman–Crippen MR) is 206 cm³/mol. The van der Waals surface area contributed by atoms with Crippen molar-refractivity contribution in [3.63, 3.8) is 0 Å². The minimum atomic E-state index is -3.84. The molecule has 0 radical (unpaired) electrons. The molecule has 13 heteroatoms. The molecule has 2 aromatic heterocycles. The molecule has 5 aromatic rings. The molecule has 1 aliphatic heterocycles. The summed E-state index contributed by atoms with van der Waals surface area (Å²) in [6.07, 6.45) is 6.59. The maximum atomic E-state index is 14.3. The van der Waals surface area contributed by atoms with Crippen LogP contribution < -0.4 is 28.4 Å². The van der Waals surface area contributed by atoms with E-state index >= 15 is 0 Å². The molecule has 0 unspecified atom stereocenters. The highest BCUT2D eigenvalue weighted by atomic mass is 32.2. The Bertz CT molecular complexity index is 2110. The normalized spacial score (nSPS) is 13.8. The summed E-state index contributed by atoms with van der Waals surface area (Å²) in [6, 6.07) is 21.9. The summed E-state index contributed by atoms with van der Waals surface area (Å²) in [5.74, 6) is 3.15. The summed E-state index contributed by atoms with van der Waals surface area (Å²) in [5, 5.41) is 0. The van der Waals surface area contributed by atoms with Gasteiger partial charge in [-0.3, -0.25) is 14.9 Å². The van der Waals surface area contributed by atoms with E-state index in [0.717, 1.165) is 46.6 Å². The number of sulfonamides is 1. The van der Waals surface area contributed by atoms with Crippen molar-refractivity contribution in [1.29, 1.82) is 0 Å². The van der Waals surface area contributed by atoms with Crippen molar-refractivity contribution in [2.75, 3.05) is 55.7 Å². The Morgan fingerprint density at radius 2 is 1.24 bits per heavy atom. The summed E-state index contributed by atoms with van der Waals surface area (Å²) >= 11 is 0. The highest BCUT2D eigenvalue weighted by Crippen LogP contribution is 2.42. The number of ether oxygens (including phenoxy) is 6. The monoisotopic (exact) mass is 754 g/mol. The van der Waals surface area contributed by atoms with E-state index in [1.807, 2.05) is 42.5 Å². The molecule has 54 heavy (non-hydrogen) atoms. The molecule has 0 amide bonds. The fourth-order valence-electron chi connectivity index (χ4n) is 6.88. The van der Waals surface area contributed by atoms with Crippen LogP contribution in [0.15, 0.2) is 96.3 Å². The standard InChI is InChI=1S/C41H46N4O8S/c1-48-36-20-30(21-37(49-2)40(36)52-5)32-18-29(24-42-25-32)27-45(54(46,47)34-10-8-7-9-11-34)33-13-16-44(17-14-33)26-28-12-15-43-35(19-28)31-22-38(50-3)41(53-6)39(23-31)51-4/h7-12,15,18-25,33H,13-14,16-17,26-27H2,1-6H3. The third-order valence-electron chi connectivity index (χ3n) is 9.64. The highest BCUT2D eigenvalue weighted by molar-refractivity contribution is 7.89. The molecule has 0 aliphatic carbocycles. The Labute approximate surface area is 317 Å². The van der Waals surface area contributed by atoms with Gasteiger partial charge in [0.15, 0.2) is 23.0 Å². The first kappa shape index (κ1) is 38.4. The van der Waals surface area contributed by atoms with Crippen molar-refractivity contribution < 1.29 is 36.8 Å². The first-order chi connectivity index (χ1) is 26.2. The van der Waals surface area contributed by atoms with E-state index in [1.54, 1.807) is 89.8 Å². The van der Waals surface area contributed by atoms with E-state index in [0.29, 0.717) is 53.9 Å². The molecule has 0 atom stereocenters. The van der Waals surface area contributed by atoms with E-state index in [4.69, 9.17) is 28.4 Å². The van der Waals surface area contributed by atoms with Gasteiger partial charge in [-0.05, 0) is 84.1 Å². The molecule has 0 bridgehead atoms. The number of piperidine rings is 1. The van der Waals surface area contributed by atoms with Crippen LogP contribution in [0.3, 0.4) is 0 Å². The summed E-state index contributed by atoms with van der Waals surface area (Å²) in [5.41, 5.74) is 5.07. The largest absolute Gasteiger partial charge is 0.493 e. The molecule has 3 heterocycles. The summed E-state index contributed by atoms with van der Waals surface area (Å²) < 4.78 is 63.5. The second kappa shape index (κ2) is 17.2. The fraction of sp³-hybridized carbons (Fsp3) is 0.317. The number of methoxy groups -OCH3 is 6. The maximum absolute atomic E-state index is 14.3. The number of pyridine rings is 2. The van der Waals surface area contributed by atoms with Gasteiger partial charge in [-0.15, -0.1) is 0 Å². The topological polar surface area (TPSA) is 122 Å². The highest BCUT2D eigenvalue weighted by Gasteiger charge is 2.34. The molecule has 1 aliphatic rings. The Morgan fingerprint density at radius 3 is 1.80 bits per heavy atom. The summed E-state index contributed by atoms with van der Waals surface area (Å²) in [4.78, 5) is 11.8. The van der Waals surface area contributed by atoms with Crippen molar-refractivity contribution in [3.05, 3.63) is 103 Å². The molecule has 6 rings (SSSR count). The third-order valence-corrected chi connectivity index (χ3v) is 11.5. The molecule has 3 aromatic carbocycles. The van der Waals surface area contributed by atoms with Crippen LogP contribution in [0.4, 0.5) is 0 Å². The lowest BCUT2D eigenvalue weighted by atomic mass is 10.0. The van der Waals surface area contributed by atoms with E-state index < -0.39 is 10.0 Å².